The smallest absolute Gasteiger partial charge is 0.147 e. The summed E-state index contributed by atoms with van der Waals surface area (Å²) < 4.78 is 18.5. The summed E-state index contributed by atoms with van der Waals surface area (Å²) in [4.78, 5) is 5.85. The Kier molecular flexibility index (Phi) is 4.49. The van der Waals surface area contributed by atoms with Crippen molar-refractivity contribution < 1.29 is 9.13 Å². The highest BCUT2D eigenvalue weighted by atomic mass is 19.1. The van der Waals surface area contributed by atoms with Crippen molar-refractivity contribution in [1.82, 2.24) is 9.88 Å². The molecule has 1 aromatic rings. The van der Waals surface area contributed by atoms with Gasteiger partial charge in [-0.15, -0.1) is 0 Å². The first-order chi connectivity index (χ1) is 7.08. The van der Waals surface area contributed by atoms with Crippen LogP contribution in [0.5, 0.6) is 5.75 Å². The monoisotopic (exact) mass is 212 g/mol. The van der Waals surface area contributed by atoms with Gasteiger partial charge in [-0.2, -0.15) is 0 Å². The molecule has 1 heterocycles. The molecule has 0 bridgehead atoms. The zero-order chi connectivity index (χ0) is 11.3. The van der Waals surface area contributed by atoms with Crippen molar-refractivity contribution in [3.05, 3.63) is 24.0 Å². The van der Waals surface area contributed by atoms with Gasteiger partial charge in [0.05, 0.1) is 6.20 Å². The van der Waals surface area contributed by atoms with Crippen molar-refractivity contribution in [3.63, 3.8) is 0 Å². The first kappa shape index (κ1) is 11.9. The number of ether oxygens (including phenoxy) is 1. The van der Waals surface area contributed by atoms with Gasteiger partial charge in [0.25, 0.3) is 0 Å². The standard InChI is InChI=1S/C11H17FN2O/c1-9-4-5-11(6-13-9)15-8-10(12)7-14(2)3/h4-6,10H,7-8H2,1-3H3. The van der Waals surface area contributed by atoms with Crippen LogP contribution in [-0.4, -0.2) is 43.3 Å². The summed E-state index contributed by atoms with van der Waals surface area (Å²) in [6.07, 6.45) is 0.638. The van der Waals surface area contributed by atoms with Gasteiger partial charge in [0.1, 0.15) is 18.5 Å². The number of nitrogens with zero attached hydrogens (tertiary/aromatic N) is 2. The molecule has 0 aromatic carbocycles. The van der Waals surface area contributed by atoms with Crippen molar-refractivity contribution in [3.8, 4) is 5.75 Å². The van der Waals surface area contributed by atoms with E-state index in [2.05, 4.69) is 4.98 Å². The van der Waals surface area contributed by atoms with E-state index in [-0.39, 0.29) is 6.61 Å². The molecule has 4 heteroatoms. The van der Waals surface area contributed by atoms with Gasteiger partial charge in [-0.1, -0.05) is 0 Å². The van der Waals surface area contributed by atoms with Gasteiger partial charge in [0.15, 0.2) is 0 Å². The Morgan fingerprint density at radius 1 is 1.47 bits per heavy atom. The molecule has 0 amide bonds. The second-order valence-corrected chi connectivity index (χ2v) is 3.81. The molecule has 1 unspecified atom stereocenters. The van der Waals surface area contributed by atoms with E-state index in [1.807, 2.05) is 27.1 Å². The molecule has 15 heavy (non-hydrogen) atoms. The molecule has 1 aromatic heterocycles. The van der Waals surface area contributed by atoms with Gasteiger partial charge < -0.3 is 9.64 Å². The summed E-state index contributed by atoms with van der Waals surface area (Å²) in [5, 5.41) is 0. The number of aryl methyl sites for hydroxylation is 1. The van der Waals surface area contributed by atoms with E-state index >= 15 is 0 Å². The molecule has 1 atom stereocenters. The second kappa shape index (κ2) is 5.66. The molecule has 84 valence electrons. The second-order valence-electron chi connectivity index (χ2n) is 3.81. The average molecular weight is 212 g/mol. The molecule has 0 aliphatic heterocycles. The molecule has 3 nitrogen and oxygen atoms in total. The topological polar surface area (TPSA) is 25.4 Å². The van der Waals surface area contributed by atoms with Gasteiger partial charge in [0.2, 0.25) is 0 Å². The van der Waals surface area contributed by atoms with Crippen LogP contribution in [-0.2, 0) is 0 Å². The Hall–Kier alpha value is -1.16. The molecule has 0 spiro atoms. The zero-order valence-corrected chi connectivity index (χ0v) is 9.40. The average Bonchev–Trinajstić information content (AvgIpc) is 2.16. The molecular formula is C11H17FN2O. The van der Waals surface area contributed by atoms with E-state index in [1.165, 1.54) is 0 Å². The Balaban J connectivity index is 2.33. The molecule has 0 fully saturated rings. The van der Waals surface area contributed by atoms with Crippen molar-refractivity contribution in [2.45, 2.75) is 13.1 Å². The fourth-order valence-corrected chi connectivity index (χ4v) is 1.18. The van der Waals surface area contributed by atoms with Gasteiger partial charge in [0, 0.05) is 12.2 Å². The third-order valence-corrected chi connectivity index (χ3v) is 1.88. The van der Waals surface area contributed by atoms with Crippen molar-refractivity contribution in [1.29, 1.82) is 0 Å². The van der Waals surface area contributed by atoms with Crippen molar-refractivity contribution in [2.75, 3.05) is 27.2 Å². The van der Waals surface area contributed by atoms with E-state index in [4.69, 9.17) is 4.74 Å². The van der Waals surface area contributed by atoms with Crippen LogP contribution >= 0.6 is 0 Å². The molecule has 1 rings (SSSR count). The summed E-state index contributed by atoms with van der Waals surface area (Å²) in [6, 6.07) is 3.64. The quantitative estimate of drug-likeness (QED) is 0.742. The van der Waals surface area contributed by atoms with Gasteiger partial charge in [-0.05, 0) is 33.2 Å². The summed E-state index contributed by atoms with van der Waals surface area (Å²) in [6.45, 7) is 2.34. The maximum absolute atomic E-state index is 13.2. The molecule has 0 aliphatic rings. The number of hydrogen-bond donors (Lipinski definition) is 0. The minimum absolute atomic E-state index is 0.0723. The Labute approximate surface area is 89.9 Å². The normalized spacial score (nSPS) is 12.9. The summed E-state index contributed by atoms with van der Waals surface area (Å²) in [5.74, 6) is 0.613. The largest absolute Gasteiger partial charge is 0.489 e. The molecule has 0 saturated heterocycles. The lowest BCUT2D eigenvalue weighted by Gasteiger charge is -2.14. The summed E-state index contributed by atoms with van der Waals surface area (Å²) in [7, 11) is 3.67. The Morgan fingerprint density at radius 3 is 2.73 bits per heavy atom. The maximum Gasteiger partial charge on any atom is 0.147 e. The van der Waals surface area contributed by atoms with Crippen LogP contribution in [0.1, 0.15) is 5.69 Å². The minimum Gasteiger partial charge on any atom is -0.489 e. The van der Waals surface area contributed by atoms with Crippen LogP contribution in [0.4, 0.5) is 4.39 Å². The number of hydrogen-bond acceptors (Lipinski definition) is 3. The van der Waals surface area contributed by atoms with E-state index in [0.717, 1.165) is 5.69 Å². The summed E-state index contributed by atoms with van der Waals surface area (Å²) in [5.41, 5.74) is 0.924. The molecule has 0 radical (unpaired) electrons. The lowest BCUT2D eigenvalue weighted by molar-refractivity contribution is 0.162. The fraction of sp³-hybridized carbons (Fsp3) is 0.545. The number of alkyl halides is 1. The van der Waals surface area contributed by atoms with Crippen LogP contribution in [0.25, 0.3) is 0 Å². The lowest BCUT2D eigenvalue weighted by Crippen LogP contribution is -2.27. The van der Waals surface area contributed by atoms with Gasteiger partial charge in [-0.3, -0.25) is 4.98 Å². The SMILES string of the molecule is Cc1ccc(OCC(F)CN(C)C)cn1. The zero-order valence-electron chi connectivity index (χ0n) is 9.40. The third-order valence-electron chi connectivity index (χ3n) is 1.88. The highest BCUT2D eigenvalue weighted by Gasteiger charge is 2.08. The number of pyridine rings is 1. The molecule has 0 N–H and O–H groups in total. The van der Waals surface area contributed by atoms with E-state index in [9.17, 15) is 4.39 Å². The van der Waals surface area contributed by atoms with Gasteiger partial charge >= 0.3 is 0 Å². The van der Waals surface area contributed by atoms with E-state index in [0.29, 0.717) is 12.3 Å². The minimum atomic E-state index is -0.971. The van der Waals surface area contributed by atoms with E-state index in [1.54, 1.807) is 17.2 Å². The lowest BCUT2D eigenvalue weighted by atomic mass is 10.3. The maximum atomic E-state index is 13.2. The highest BCUT2D eigenvalue weighted by Crippen LogP contribution is 2.09. The van der Waals surface area contributed by atoms with Crippen molar-refractivity contribution in [2.24, 2.45) is 0 Å². The number of halogens is 1. The van der Waals surface area contributed by atoms with Crippen LogP contribution in [0.2, 0.25) is 0 Å². The van der Waals surface area contributed by atoms with Crippen LogP contribution < -0.4 is 4.74 Å². The molecule has 0 aliphatic carbocycles. The fourth-order valence-electron chi connectivity index (χ4n) is 1.18. The first-order valence-electron chi connectivity index (χ1n) is 4.92. The molecule has 0 saturated carbocycles. The number of rotatable bonds is 5. The number of aromatic nitrogens is 1. The van der Waals surface area contributed by atoms with Crippen LogP contribution in [0.15, 0.2) is 18.3 Å². The Bertz CT molecular complexity index is 287. The van der Waals surface area contributed by atoms with Crippen LogP contribution in [0, 0.1) is 6.92 Å². The third kappa shape index (κ3) is 4.74. The predicted octanol–water partition coefficient (Wildman–Crippen LogP) is 1.67. The van der Waals surface area contributed by atoms with Crippen molar-refractivity contribution >= 4 is 0 Å². The predicted molar refractivity (Wildman–Crippen MR) is 57.9 cm³/mol. The Morgan fingerprint density at radius 2 is 2.20 bits per heavy atom. The summed E-state index contributed by atoms with van der Waals surface area (Å²) >= 11 is 0. The highest BCUT2D eigenvalue weighted by molar-refractivity contribution is 5.19. The first-order valence-corrected chi connectivity index (χ1v) is 4.92. The molecular weight excluding hydrogens is 195 g/mol. The van der Waals surface area contributed by atoms with Crippen LogP contribution in [0.3, 0.4) is 0 Å². The van der Waals surface area contributed by atoms with E-state index < -0.39 is 6.17 Å². The van der Waals surface area contributed by atoms with Gasteiger partial charge in [-0.25, -0.2) is 4.39 Å².